The molecule has 2 rings (SSSR count). The van der Waals surface area contributed by atoms with Crippen LogP contribution in [0.5, 0.6) is 0 Å². The molecule has 0 aromatic carbocycles. The molecule has 1 aliphatic carbocycles. The van der Waals surface area contributed by atoms with Crippen LogP contribution in [0.3, 0.4) is 0 Å². The monoisotopic (exact) mass is 380 g/mol. The van der Waals surface area contributed by atoms with Gasteiger partial charge < -0.3 is 18.8 Å². The van der Waals surface area contributed by atoms with Crippen LogP contribution in [-0.2, 0) is 28.4 Å². The van der Waals surface area contributed by atoms with Gasteiger partial charge in [-0.2, -0.15) is 0 Å². The maximum absolute atomic E-state index is 12.8. The normalized spacial score (nSPS) is 23.3. The molecule has 1 fully saturated rings. The number of esters is 2. The minimum absolute atomic E-state index is 0.226. The van der Waals surface area contributed by atoms with Gasteiger partial charge in [-0.3, -0.25) is 9.59 Å². The predicted molar refractivity (Wildman–Crippen MR) is 103 cm³/mol. The zero-order chi connectivity index (χ0) is 20.6. The van der Waals surface area contributed by atoms with Gasteiger partial charge in [-0.15, -0.1) is 0 Å². The van der Waals surface area contributed by atoms with Crippen molar-refractivity contribution in [1.29, 1.82) is 0 Å². The van der Waals surface area contributed by atoms with Crippen molar-refractivity contribution in [1.82, 2.24) is 0 Å². The first-order valence-electron chi connectivity index (χ1n) is 9.77. The second kappa shape index (κ2) is 7.59. The first kappa shape index (κ1) is 22.0. The quantitative estimate of drug-likeness (QED) is 0.412. The standard InChI is InChI=1S/C20H33BO6/c1-13(2)24-16(22)20(17(23)25-14(3)4)11-9-15(10-12-20)21-26-18(5,6)19(7,8)27-21/h9,13-14H,10-12H2,1-8H3. The summed E-state index contributed by atoms with van der Waals surface area (Å²) in [6.45, 7) is 15.1. The van der Waals surface area contributed by atoms with Crippen LogP contribution in [0.15, 0.2) is 11.5 Å². The molecule has 0 aromatic rings. The average Bonchev–Trinajstić information content (AvgIpc) is 2.74. The second-order valence-electron chi connectivity index (χ2n) is 9.06. The number of carbonyl (C=O) groups is 2. The third-order valence-electron chi connectivity index (χ3n) is 5.58. The molecule has 0 unspecified atom stereocenters. The van der Waals surface area contributed by atoms with E-state index in [9.17, 15) is 9.59 Å². The van der Waals surface area contributed by atoms with Crippen LogP contribution in [0, 0.1) is 5.41 Å². The lowest BCUT2D eigenvalue weighted by Crippen LogP contribution is -2.45. The van der Waals surface area contributed by atoms with Crippen LogP contribution in [0.2, 0.25) is 0 Å². The molecule has 0 spiro atoms. The second-order valence-corrected chi connectivity index (χ2v) is 9.06. The Morgan fingerprint density at radius 3 is 1.74 bits per heavy atom. The number of carbonyl (C=O) groups excluding carboxylic acids is 2. The Labute approximate surface area is 163 Å². The van der Waals surface area contributed by atoms with E-state index in [0.29, 0.717) is 12.8 Å². The molecule has 27 heavy (non-hydrogen) atoms. The van der Waals surface area contributed by atoms with Gasteiger partial charge in [0.25, 0.3) is 0 Å². The van der Waals surface area contributed by atoms with Crippen LogP contribution in [0.1, 0.15) is 74.7 Å². The zero-order valence-electron chi connectivity index (χ0n) is 17.9. The summed E-state index contributed by atoms with van der Waals surface area (Å²) in [4.78, 5) is 25.5. The molecule has 152 valence electrons. The van der Waals surface area contributed by atoms with Crippen molar-refractivity contribution in [3.63, 3.8) is 0 Å². The van der Waals surface area contributed by atoms with Crippen molar-refractivity contribution in [3.05, 3.63) is 11.5 Å². The molecule has 0 atom stereocenters. The van der Waals surface area contributed by atoms with Gasteiger partial charge in [-0.25, -0.2) is 0 Å². The molecule has 6 nitrogen and oxygen atoms in total. The summed E-state index contributed by atoms with van der Waals surface area (Å²) in [7, 11) is -0.463. The highest BCUT2D eigenvalue weighted by Crippen LogP contribution is 2.44. The molecule has 0 bridgehead atoms. The van der Waals surface area contributed by atoms with Gasteiger partial charge in [-0.05, 0) is 80.1 Å². The number of allylic oxidation sites excluding steroid dienone is 2. The fraction of sp³-hybridized carbons (Fsp3) is 0.800. The molecular formula is C20H33BO6. The van der Waals surface area contributed by atoms with Crippen LogP contribution >= 0.6 is 0 Å². The number of hydrogen-bond donors (Lipinski definition) is 0. The van der Waals surface area contributed by atoms with Gasteiger partial charge in [0.05, 0.1) is 23.4 Å². The fourth-order valence-electron chi connectivity index (χ4n) is 3.18. The molecule has 0 saturated carbocycles. The van der Waals surface area contributed by atoms with Gasteiger partial charge in [0.15, 0.2) is 5.41 Å². The highest BCUT2D eigenvalue weighted by molar-refractivity contribution is 6.54. The maximum atomic E-state index is 12.8. The summed E-state index contributed by atoms with van der Waals surface area (Å²) in [5, 5.41) is 0. The van der Waals surface area contributed by atoms with Crippen LogP contribution in [0.25, 0.3) is 0 Å². The van der Waals surface area contributed by atoms with Gasteiger partial charge in [0.1, 0.15) is 0 Å². The topological polar surface area (TPSA) is 71.1 Å². The summed E-state index contributed by atoms with van der Waals surface area (Å²) in [5.41, 5.74) is -1.21. The van der Waals surface area contributed by atoms with Crippen LogP contribution < -0.4 is 0 Å². The van der Waals surface area contributed by atoms with Crippen molar-refractivity contribution in [2.24, 2.45) is 5.41 Å². The Morgan fingerprint density at radius 1 is 0.963 bits per heavy atom. The molecule has 1 aliphatic heterocycles. The van der Waals surface area contributed by atoms with E-state index in [-0.39, 0.29) is 18.6 Å². The third kappa shape index (κ3) is 4.40. The van der Waals surface area contributed by atoms with E-state index in [4.69, 9.17) is 18.8 Å². The summed E-state index contributed by atoms with van der Waals surface area (Å²) >= 11 is 0. The van der Waals surface area contributed by atoms with Gasteiger partial charge >= 0.3 is 19.1 Å². The Hall–Kier alpha value is -1.34. The lowest BCUT2D eigenvalue weighted by atomic mass is 9.65. The summed E-state index contributed by atoms with van der Waals surface area (Å²) < 4.78 is 23.0. The summed E-state index contributed by atoms with van der Waals surface area (Å²) in [6.07, 6.45) is 2.35. The number of rotatable bonds is 5. The summed E-state index contributed by atoms with van der Waals surface area (Å²) in [6, 6.07) is 0. The van der Waals surface area contributed by atoms with Gasteiger partial charge in [-0.1, -0.05) is 6.08 Å². The van der Waals surface area contributed by atoms with E-state index >= 15 is 0 Å². The first-order valence-corrected chi connectivity index (χ1v) is 9.77. The van der Waals surface area contributed by atoms with E-state index in [1.54, 1.807) is 27.7 Å². The van der Waals surface area contributed by atoms with Crippen molar-refractivity contribution in [2.45, 2.75) is 98.1 Å². The lowest BCUT2D eigenvalue weighted by molar-refractivity contribution is -0.177. The molecular weight excluding hydrogens is 347 g/mol. The smallest absolute Gasteiger partial charge is 0.462 e. The van der Waals surface area contributed by atoms with E-state index in [0.717, 1.165) is 5.47 Å². The molecule has 0 amide bonds. The van der Waals surface area contributed by atoms with Crippen molar-refractivity contribution in [2.75, 3.05) is 0 Å². The van der Waals surface area contributed by atoms with E-state index in [1.807, 2.05) is 33.8 Å². The minimum Gasteiger partial charge on any atom is -0.462 e. The molecule has 1 saturated heterocycles. The molecule has 0 radical (unpaired) electrons. The Kier molecular flexibility index (Phi) is 6.17. The maximum Gasteiger partial charge on any atom is 0.490 e. The van der Waals surface area contributed by atoms with E-state index in [1.165, 1.54) is 0 Å². The first-order chi connectivity index (χ1) is 12.3. The molecule has 2 aliphatic rings. The highest BCUT2D eigenvalue weighted by atomic mass is 16.7. The van der Waals surface area contributed by atoms with Gasteiger partial charge in [0, 0.05) is 0 Å². The van der Waals surface area contributed by atoms with Crippen molar-refractivity contribution in [3.8, 4) is 0 Å². The molecule has 7 heteroatoms. The molecule has 0 aromatic heterocycles. The Bertz CT molecular complexity index is 582. The van der Waals surface area contributed by atoms with Crippen molar-refractivity contribution >= 4 is 19.1 Å². The van der Waals surface area contributed by atoms with Crippen molar-refractivity contribution < 1.29 is 28.4 Å². The number of ether oxygens (including phenoxy) is 2. The van der Waals surface area contributed by atoms with E-state index in [2.05, 4.69) is 0 Å². The van der Waals surface area contributed by atoms with Crippen LogP contribution in [-0.4, -0.2) is 42.5 Å². The van der Waals surface area contributed by atoms with Gasteiger partial charge in [0.2, 0.25) is 0 Å². The Balaban J connectivity index is 2.23. The summed E-state index contributed by atoms with van der Waals surface area (Å²) in [5.74, 6) is -1.04. The Morgan fingerprint density at radius 2 is 1.41 bits per heavy atom. The third-order valence-corrected chi connectivity index (χ3v) is 5.58. The molecule has 0 N–H and O–H groups in total. The fourth-order valence-corrected chi connectivity index (χ4v) is 3.18. The van der Waals surface area contributed by atoms with Crippen LogP contribution in [0.4, 0.5) is 0 Å². The molecule has 1 heterocycles. The van der Waals surface area contributed by atoms with E-state index < -0.39 is 35.7 Å². The lowest BCUT2D eigenvalue weighted by Gasteiger charge is -2.33. The largest absolute Gasteiger partial charge is 0.490 e. The minimum atomic E-state index is -1.30. The SMILES string of the molecule is CC(C)OC(=O)C1(C(=O)OC(C)C)CC=C(B2OC(C)(C)C(C)(C)O2)CC1. The number of hydrogen-bond acceptors (Lipinski definition) is 6. The average molecular weight is 380 g/mol. The zero-order valence-corrected chi connectivity index (χ0v) is 17.9. The highest BCUT2D eigenvalue weighted by Gasteiger charge is 2.55. The predicted octanol–water partition coefficient (Wildman–Crippen LogP) is 3.62.